The van der Waals surface area contributed by atoms with Gasteiger partial charge in [-0.3, -0.25) is 0 Å². The third-order valence-corrected chi connectivity index (χ3v) is 2.22. The van der Waals surface area contributed by atoms with Crippen molar-refractivity contribution in [2.75, 3.05) is 6.61 Å². The molecule has 0 saturated carbocycles. The summed E-state index contributed by atoms with van der Waals surface area (Å²) >= 11 is 3.30. The largest absolute Gasteiger partial charge is 0.460 e. The van der Waals surface area contributed by atoms with E-state index in [4.69, 9.17) is 4.74 Å². The molecule has 15 heavy (non-hydrogen) atoms. The van der Waals surface area contributed by atoms with Crippen molar-refractivity contribution < 1.29 is 9.53 Å². The van der Waals surface area contributed by atoms with Gasteiger partial charge < -0.3 is 4.74 Å². The van der Waals surface area contributed by atoms with Crippen LogP contribution in [0.5, 0.6) is 0 Å². The number of hydrogen-bond acceptors (Lipinski definition) is 4. The lowest BCUT2D eigenvalue weighted by Crippen LogP contribution is -2.06. The van der Waals surface area contributed by atoms with E-state index < -0.39 is 5.97 Å². The summed E-state index contributed by atoms with van der Waals surface area (Å²) in [6.45, 7) is 2.06. The summed E-state index contributed by atoms with van der Waals surface area (Å²) in [5.74, 6) is -0.424. The number of carbonyl (C=O) groups excluding carboxylic acids is 1. The summed E-state index contributed by atoms with van der Waals surface area (Å²) in [6, 6.07) is 3.60. The van der Waals surface area contributed by atoms with Crippen LogP contribution < -0.4 is 0 Å². The molecule has 6 heteroatoms. The van der Waals surface area contributed by atoms with Crippen molar-refractivity contribution in [2.24, 2.45) is 0 Å². The van der Waals surface area contributed by atoms with E-state index in [0.29, 0.717) is 12.3 Å². The van der Waals surface area contributed by atoms with Crippen LogP contribution in [-0.2, 0) is 4.74 Å². The van der Waals surface area contributed by atoms with Crippen molar-refractivity contribution in [3.05, 3.63) is 28.6 Å². The zero-order valence-corrected chi connectivity index (χ0v) is 9.56. The summed E-state index contributed by atoms with van der Waals surface area (Å²) in [4.78, 5) is 15.4. The van der Waals surface area contributed by atoms with E-state index in [1.807, 2.05) is 6.07 Å². The van der Waals surface area contributed by atoms with Gasteiger partial charge in [0.1, 0.15) is 0 Å². The molecule has 2 rings (SSSR count). The highest BCUT2D eigenvalue weighted by Gasteiger charge is 2.13. The molecule has 2 aromatic heterocycles. The number of carbonyl (C=O) groups is 1. The van der Waals surface area contributed by atoms with Gasteiger partial charge in [0.2, 0.25) is 0 Å². The van der Waals surface area contributed by atoms with Crippen LogP contribution in [0.2, 0.25) is 0 Å². The van der Waals surface area contributed by atoms with Crippen molar-refractivity contribution in [3.8, 4) is 0 Å². The molecule has 2 aromatic rings. The Kier molecular flexibility index (Phi) is 2.68. The normalized spacial score (nSPS) is 10.5. The van der Waals surface area contributed by atoms with E-state index >= 15 is 0 Å². The number of nitrogens with zero attached hydrogens (tertiary/aromatic N) is 3. The number of pyridine rings is 1. The molecule has 0 bridgehead atoms. The molecule has 0 aromatic carbocycles. The fraction of sp³-hybridized carbons (Fsp3) is 0.222. The van der Waals surface area contributed by atoms with Crippen LogP contribution in [-0.4, -0.2) is 27.2 Å². The lowest BCUT2D eigenvalue weighted by molar-refractivity contribution is 0.0512. The SMILES string of the molecule is CCOC(=O)c1nc2ccc(Br)cn2n1. The third-order valence-electron chi connectivity index (χ3n) is 1.75. The van der Waals surface area contributed by atoms with Crippen molar-refractivity contribution in [1.29, 1.82) is 0 Å². The number of fused-ring (bicyclic) bond motifs is 1. The first-order valence-corrected chi connectivity index (χ1v) is 5.19. The maximum atomic E-state index is 11.3. The van der Waals surface area contributed by atoms with Gasteiger partial charge in [0, 0.05) is 10.7 Å². The van der Waals surface area contributed by atoms with Gasteiger partial charge in [-0.1, -0.05) is 0 Å². The van der Waals surface area contributed by atoms with Crippen LogP contribution in [0.15, 0.2) is 22.8 Å². The smallest absolute Gasteiger partial charge is 0.378 e. The minimum atomic E-state index is -0.502. The maximum absolute atomic E-state index is 11.3. The third kappa shape index (κ3) is 1.99. The lowest BCUT2D eigenvalue weighted by Gasteiger charge is -1.94. The molecular formula is C9H8BrN3O2. The second-order valence-corrected chi connectivity index (χ2v) is 3.72. The molecule has 0 atom stereocenters. The first kappa shape index (κ1) is 10.1. The molecule has 0 N–H and O–H groups in total. The van der Waals surface area contributed by atoms with Gasteiger partial charge in [-0.05, 0) is 35.0 Å². The van der Waals surface area contributed by atoms with Crippen molar-refractivity contribution in [1.82, 2.24) is 14.6 Å². The van der Waals surface area contributed by atoms with Gasteiger partial charge in [-0.2, -0.15) is 0 Å². The van der Waals surface area contributed by atoms with Crippen molar-refractivity contribution >= 4 is 27.5 Å². The molecule has 0 unspecified atom stereocenters. The Morgan fingerprint density at radius 2 is 2.40 bits per heavy atom. The monoisotopic (exact) mass is 269 g/mol. The molecule has 0 aliphatic heterocycles. The molecule has 0 aliphatic rings. The van der Waals surface area contributed by atoms with Crippen LogP contribution in [0.25, 0.3) is 5.65 Å². The average Bonchev–Trinajstić information content (AvgIpc) is 2.60. The zero-order chi connectivity index (χ0) is 10.8. The van der Waals surface area contributed by atoms with Gasteiger partial charge in [-0.15, -0.1) is 5.10 Å². The van der Waals surface area contributed by atoms with Crippen LogP contribution in [0.1, 0.15) is 17.5 Å². The number of aromatic nitrogens is 3. The molecule has 0 fully saturated rings. The topological polar surface area (TPSA) is 56.5 Å². The molecule has 0 amide bonds. The molecule has 0 aliphatic carbocycles. The minimum absolute atomic E-state index is 0.0787. The van der Waals surface area contributed by atoms with E-state index in [0.717, 1.165) is 4.47 Å². The zero-order valence-electron chi connectivity index (χ0n) is 7.98. The van der Waals surface area contributed by atoms with E-state index in [1.54, 1.807) is 19.2 Å². The molecule has 5 nitrogen and oxygen atoms in total. The summed E-state index contributed by atoms with van der Waals surface area (Å²) in [5.41, 5.74) is 0.612. The predicted molar refractivity (Wildman–Crippen MR) is 56.6 cm³/mol. The van der Waals surface area contributed by atoms with Crippen LogP contribution in [0, 0.1) is 0 Å². The van der Waals surface area contributed by atoms with Crippen LogP contribution >= 0.6 is 15.9 Å². The highest BCUT2D eigenvalue weighted by atomic mass is 79.9. The number of rotatable bonds is 2. The fourth-order valence-corrected chi connectivity index (χ4v) is 1.47. The Bertz CT molecular complexity index is 509. The second kappa shape index (κ2) is 3.98. The maximum Gasteiger partial charge on any atom is 0.378 e. The van der Waals surface area contributed by atoms with Crippen molar-refractivity contribution in [2.45, 2.75) is 6.92 Å². The number of hydrogen-bond donors (Lipinski definition) is 0. The molecule has 0 radical (unpaired) electrons. The number of ether oxygens (including phenoxy) is 1. The molecular weight excluding hydrogens is 262 g/mol. The van der Waals surface area contributed by atoms with Gasteiger partial charge in [0.05, 0.1) is 6.61 Å². The minimum Gasteiger partial charge on any atom is -0.460 e. The van der Waals surface area contributed by atoms with E-state index in [1.165, 1.54) is 4.52 Å². The van der Waals surface area contributed by atoms with E-state index in [2.05, 4.69) is 26.0 Å². The second-order valence-electron chi connectivity index (χ2n) is 2.81. The predicted octanol–water partition coefficient (Wildman–Crippen LogP) is 1.67. The Morgan fingerprint density at radius 1 is 1.60 bits per heavy atom. The summed E-state index contributed by atoms with van der Waals surface area (Å²) in [6.07, 6.45) is 1.73. The van der Waals surface area contributed by atoms with Gasteiger partial charge in [0.25, 0.3) is 5.82 Å². The number of esters is 1. The first-order valence-electron chi connectivity index (χ1n) is 4.39. The van der Waals surface area contributed by atoms with Crippen LogP contribution in [0.4, 0.5) is 0 Å². The number of halogens is 1. The first-order chi connectivity index (χ1) is 7.20. The molecule has 0 spiro atoms. The summed E-state index contributed by atoms with van der Waals surface area (Å²) < 4.78 is 7.19. The van der Waals surface area contributed by atoms with Crippen LogP contribution in [0.3, 0.4) is 0 Å². The Hall–Kier alpha value is -1.43. The van der Waals surface area contributed by atoms with Gasteiger partial charge >= 0.3 is 5.97 Å². The summed E-state index contributed by atoms with van der Waals surface area (Å²) in [5, 5.41) is 3.99. The highest BCUT2D eigenvalue weighted by Crippen LogP contribution is 2.10. The Morgan fingerprint density at radius 3 is 3.13 bits per heavy atom. The molecule has 2 heterocycles. The highest BCUT2D eigenvalue weighted by molar-refractivity contribution is 9.10. The van der Waals surface area contributed by atoms with Gasteiger partial charge in [0.15, 0.2) is 5.65 Å². The Labute approximate surface area is 94.2 Å². The van der Waals surface area contributed by atoms with E-state index in [-0.39, 0.29) is 5.82 Å². The average molecular weight is 270 g/mol. The van der Waals surface area contributed by atoms with Crippen molar-refractivity contribution in [3.63, 3.8) is 0 Å². The lowest BCUT2D eigenvalue weighted by atomic mass is 10.5. The summed E-state index contributed by atoms with van der Waals surface area (Å²) in [7, 11) is 0. The molecule has 78 valence electrons. The van der Waals surface area contributed by atoms with Gasteiger partial charge in [-0.25, -0.2) is 14.3 Å². The Balaban J connectivity index is 2.42. The fourth-order valence-electron chi connectivity index (χ4n) is 1.14. The van der Waals surface area contributed by atoms with E-state index in [9.17, 15) is 4.79 Å². The standard InChI is InChI=1S/C9H8BrN3O2/c1-2-15-9(14)8-11-7-4-3-6(10)5-13(7)12-8/h3-5H,2H2,1H3. The quantitative estimate of drug-likeness (QED) is 0.779. The molecule has 0 saturated heterocycles.